The van der Waals surface area contributed by atoms with E-state index in [1.54, 1.807) is 0 Å². The third-order valence-electron chi connectivity index (χ3n) is 15.5. The van der Waals surface area contributed by atoms with Gasteiger partial charge < -0.3 is 0 Å². The fourth-order valence-corrected chi connectivity index (χ4v) is 12.6. The molecule has 0 nitrogen and oxygen atoms in total. The van der Waals surface area contributed by atoms with Gasteiger partial charge in [0, 0.05) is 17.3 Å². The average molecular weight is 789 g/mol. The lowest BCUT2D eigenvalue weighted by Crippen LogP contribution is -2.28. The van der Waals surface area contributed by atoms with Gasteiger partial charge >= 0.3 is 0 Å². The van der Waals surface area contributed by atoms with Crippen LogP contribution in [0.25, 0.3) is 82.4 Å². The fourth-order valence-electron chi connectivity index (χ4n) is 12.6. The normalized spacial score (nSPS) is 20.1. The molecule has 292 valence electrons. The number of allylic oxidation sites excluding steroid dienone is 14. The van der Waals surface area contributed by atoms with Crippen molar-refractivity contribution < 1.29 is 0 Å². The Hall–Kier alpha value is -7.02. The van der Waals surface area contributed by atoms with Crippen molar-refractivity contribution in [1.29, 1.82) is 0 Å². The molecule has 0 saturated heterocycles. The molecule has 1 saturated carbocycles. The van der Waals surface area contributed by atoms with Crippen LogP contribution >= 0.6 is 0 Å². The minimum absolute atomic E-state index is 0.0409. The lowest BCUT2D eigenvalue weighted by atomic mass is 9.64. The Morgan fingerprint density at radius 3 is 1.61 bits per heavy atom. The molecule has 0 aromatic heterocycles. The van der Waals surface area contributed by atoms with Gasteiger partial charge in [-0.1, -0.05) is 177 Å². The van der Waals surface area contributed by atoms with E-state index in [0.29, 0.717) is 11.8 Å². The molecule has 0 aliphatic heterocycles. The van der Waals surface area contributed by atoms with Crippen LogP contribution in [0, 0.1) is 11.8 Å². The Balaban J connectivity index is 0.821. The van der Waals surface area contributed by atoms with Crippen molar-refractivity contribution in [3.8, 4) is 44.5 Å². The predicted octanol–water partition coefficient (Wildman–Crippen LogP) is 16.3. The highest BCUT2D eigenvalue weighted by molar-refractivity contribution is 6.23. The zero-order valence-electron chi connectivity index (χ0n) is 34.7. The summed E-state index contributed by atoms with van der Waals surface area (Å²) in [6, 6.07) is 53.9. The lowest BCUT2D eigenvalue weighted by molar-refractivity contribution is 0.353. The van der Waals surface area contributed by atoms with Crippen LogP contribution in [0.15, 0.2) is 217 Å². The van der Waals surface area contributed by atoms with Crippen LogP contribution in [0.3, 0.4) is 0 Å². The van der Waals surface area contributed by atoms with Gasteiger partial charge in [0.1, 0.15) is 0 Å². The van der Waals surface area contributed by atoms with Crippen molar-refractivity contribution in [1.82, 2.24) is 0 Å². The van der Waals surface area contributed by atoms with Gasteiger partial charge in [0.15, 0.2) is 0 Å². The maximum absolute atomic E-state index is 2.57. The minimum atomic E-state index is 0.0409. The van der Waals surface area contributed by atoms with E-state index in [1.807, 2.05) is 0 Å². The van der Waals surface area contributed by atoms with E-state index in [1.165, 1.54) is 153 Å². The molecule has 1 fully saturated rings. The van der Waals surface area contributed by atoms with Crippen molar-refractivity contribution in [2.24, 2.45) is 11.8 Å². The smallest absolute Gasteiger partial charge is 0.0215 e. The molecular formula is C62H44. The van der Waals surface area contributed by atoms with E-state index in [4.69, 9.17) is 0 Å². The SMILES string of the molecule is C1=CC2=CC=C3C=C(c4cccc(-c5ccc6c(c5)C5(CCCCC5)c5cc(-c7cccc(-c8cc9ccc%10cccc%11ccc(c8)c9c%10%11)c7)ccc5-6)c4)C=C4C=CC(=C1)C2C34. The first-order valence-corrected chi connectivity index (χ1v) is 22.8. The Bertz CT molecular complexity index is 3420. The number of hydrogen-bond donors (Lipinski definition) is 0. The largest absolute Gasteiger partial charge is 0.0617 e. The van der Waals surface area contributed by atoms with Crippen LogP contribution in [0.2, 0.25) is 0 Å². The summed E-state index contributed by atoms with van der Waals surface area (Å²) in [6.45, 7) is 0. The Labute approximate surface area is 363 Å². The van der Waals surface area contributed by atoms with E-state index in [0.717, 1.165) is 0 Å². The maximum Gasteiger partial charge on any atom is 0.0215 e. The van der Waals surface area contributed by atoms with Gasteiger partial charge in [-0.3, -0.25) is 0 Å². The second-order valence-electron chi connectivity index (χ2n) is 18.7. The summed E-state index contributed by atoms with van der Waals surface area (Å²) in [7, 11) is 0. The molecule has 0 amide bonds. The molecule has 8 aromatic carbocycles. The number of hydrogen-bond acceptors (Lipinski definition) is 0. The minimum Gasteiger partial charge on any atom is -0.0617 e. The van der Waals surface area contributed by atoms with E-state index in [-0.39, 0.29) is 5.41 Å². The lowest BCUT2D eigenvalue weighted by Gasteiger charge is -2.40. The molecule has 6 aliphatic carbocycles. The van der Waals surface area contributed by atoms with Gasteiger partial charge in [0.05, 0.1) is 0 Å². The standard InChI is InChI=1S/C62H44/c1-2-28-62(29-3-1)56-36-46(42-12-6-14-44(30-42)52-32-48-20-16-38-8-4-9-39-17-21-49(33-52)60(48)58(38)39)24-26-54(56)55-27-25-47(37-57(55)62)43-13-7-15-45(31-43)53-34-50-22-18-40-10-5-11-41-19-23-51(35-53)61(50)59(40)41/h4-27,30-37,58,60H,1-3,28-29H2. The van der Waals surface area contributed by atoms with Gasteiger partial charge in [-0.2, -0.15) is 0 Å². The van der Waals surface area contributed by atoms with E-state index >= 15 is 0 Å². The first-order chi connectivity index (χ1) is 30.6. The number of fused-ring (bicyclic) bond motifs is 5. The maximum atomic E-state index is 2.57. The molecule has 0 heterocycles. The third-order valence-corrected chi connectivity index (χ3v) is 15.5. The highest BCUT2D eigenvalue weighted by Gasteiger charge is 2.44. The van der Waals surface area contributed by atoms with Gasteiger partial charge in [0.2, 0.25) is 0 Å². The van der Waals surface area contributed by atoms with Crippen LogP contribution in [-0.4, -0.2) is 0 Å². The van der Waals surface area contributed by atoms with Crippen molar-refractivity contribution in [3.63, 3.8) is 0 Å². The van der Waals surface area contributed by atoms with Crippen molar-refractivity contribution in [3.05, 3.63) is 233 Å². The highest BCUT2D eigenvalue weighted by Crippen LogP contribution is 2.57. The fraction of sp³-hybridized carbons (Fsp3) is 0.129. The first kappa shape index (κ1) is 34.7. The molecule has 0 bridgehead atoms. The Morgan fingerprint density at radius 1 is 0.371 bits per heavy atom. The van der Waals surface area contributed by atoms with Crippen molar-refractivity contribution >= 4 is 37.9 Å². The Morgan fingerprint density at radius 2 is 0.903 bits per heavy atom. The van der Waals surface area contributed by atoms with Crippen LogP contribution in [-0.2, 0) is 5.41 Å². The molecule has 14 rings (SSSR count). The van der Waals surface area contributed by atoms with Crippen molar-refractivity contribution in [2.45, 2.75) is 37.5 Å². The van der Waals surface area contributed by atoms with Crippen LogP contribution in [0.4, 0.5) is 0 Å². The molecular weight excluding hydrogens is 745 g/mol. The van der Waals surface area contributed by atoms with E-state index in [9.17, 15) is 0 Å². The third kappa shape index (κ3) is 5.01. The topological polar surface area (TPSA) is 0 Å². The van der Waals surface area contributed by atoms with Gasteiger partial charge in [-0.25, -0.2) is 0 Å². The molecule has 2 unspecified atom stereocenters. The van der Waals surface area contributed by atoms with Gasteiger partial charge in [0.25, 0.3) is 0 Å². The molecule has 2 atom stereocenters. The molecule has 6 aliphatic rings. The summed E-state index contributed by atoms with van der Waals surface area (Å²) in [5, 5.41) is 7.99. The molecule has 1 spiro atoms. The monoisotopic (exact) mass is 788 g/mol. The molecule has 8 aromatic rings. The van der Waals surface area contributed by atoms with Crippen LogP contribution < -0.4 is 0 Å². The zero-order chi connectivity index (χ0) is 40.5. The highest BCUT2D eigenvalue weighted by atomic mass is 14.5. The second-order valence-corrected chi connectivity index (χ2v) is 18.7. The second kappa shape index (κ2) is 13.0. The summed E-state index contributed by atoms with van der Waals surface area (Å²) in [5.41, 5.74) is 22.0. The summed E-state index contributed by atoms with van der Waals surface area (Å²) in [6.07, 6.45) is 27.3. The summed E-state index contributed by atoms with van der Waals surface area (Å²) in [5.74, 6) is 0.854. The summed E-state index contributed by atoms with van der Waals surface area (Å²) in [4.78, 5) is 0. The van der Waals surface area contributed by atoms with Gasteiger partial charge in [-0.15, -0.1) is 0 Å². The molecule has 0 radical (unpaired) electrons. The predicted molar refractivity (Wildman–Crippen MR) is 261 cm³/mol. The zero-order valence-corrected chi connectivity index (χ0v) is 34.7. The first-order valence-electron chi connectivity index (χ1n) is 22.8. The van der Waals surface area contributed by atoms with E-state index < -0.39 is 0 Å². The Kier molecular flexibility index (Phi) is 7.27. The molecule has 0 N–H and O–H groups in total. The summed E-state index contributed by atoms with van der Waals surface area (Å²) >= 11 is 0. The molecule has 0 heteroatoms. The number of benzene rings is 8. The number of rotatable bonds is 4. The van der Waals surface area contributed by atoms with Gasteiger partial charge in [-0.05, 0) is 171 Å². The molecule has 62 heavy (non-hydrogen) atoms. The van der Waals surface area contributed by atoms with Crippen LogP contribution in [0.5, 0.6) is 0 Å². The van der Waals surface area contributed by atoms with Crippen molar-refractivity contribution in [2.75, 3.05) is 0 Å². The van der Waals surface area contributed by atoms with Crippen LogP contribution in [0.1, 0.15) is 48.8 Å². The summed E-state index contributed by atoms with van der Waals surface area (Å²) < 4.78 is 0. The quantitative estimate of drug-likeness (QED) is 0.156. The average Bonchev–Trinajstić information content (AvgIpc) is 3.59. The van der Waals surface area contributed by atoms with E-state index in [2.05, 4.69) is 194 Å².